The van der Waals surface area contributed by atoms with Gasteiger partial charge >= 0.3 is 6.09 Å². The van der Waals surface area contributed by atoms with Gasteiger partial charge in [0.25, 0.3) is 0 Å². The predicted octanol–water partition coefficient (Wildman–Crippen LogP) is 3.43. The summed E-state index contributed by atoms with van der Waals surface area (Å²) in [5.41, 5.74) is 5.76. The number of ether oxygens (including phenoxy) is 1. The highest BCUT2D eigenvalue weighted by molar-refractivity contribution is 7.89. The maximum atomic E-state index is 13.0. The monoisotopic (exact) mass is 412 g/mol. The number of nitrogens with zero attached hydrogens (tertiary/aromatic N) is 1. The first kappa shape index (κ1) is 21.1. The molecule has 8 nitrogen and oxygen atoms in total. The summed E-state index contributed by atoms with van der Waals surface area (Å²) in [7, 11) is -3.87. The molecule has 0 atom stereocenters. The average Bonchev–Trinajstić information content (AvgIpc) is 2.90. The fourth-order valence-electron chi connectivity index (χ4n) is 2.26. The molecule has 0 spiro atoms. The summed E-state index contributed by atoms with van der Waals surface area (Å²) in [5.74, 6) is 0. The number of thiazole rings is 1. The van der Waals surface area contributed by atoms with Crippen LogP contribution in [0.5, 0.6) is 0 Å². The van der Waals surface area contributed by atoms with E-state index in [0.717, 1.165) is 0 Å². The number of hydrogen-bond donors (Lipinski definition) is 3. The molecule has 2 rings (SSSR count). The van der Waals surface area contributed by atoms with Gasteiger partial charge in [0, 0.05) is 23.0 Å². The summed E-state index contributed by atoms with van der Waals surface area (Å²) in [6.07, 6.45) is 0.563. The van der Waals surface area contributed by atoms with Crippen LogP contribution in [0.15, 0.2) is 29.3 Å². The zero-order valence-corrected chi connectivity index (χ0v) is 17.5. The second-order valence-electron chi connectivity index (χ2n) is 7.21. The molecule has 0 aliphatic rings. The summed E-state index contributed by atoms with van der Waals surface area (Å²) in [4.78, 5) is 16.5. The number of hydrogen-bond acceptors (Lipinski definition) is 7. The Bertz CT molecular complexity index is 931. The highest BCUT2D eigenvalue weighted by Gasteiger charge is 2.26. The lowest BCUT2D eigenvalue weighted by Gasteiger charge is -2.22. The van der Waals surface area contributed by atoms with Crippen LogP contribution in [-0.2, 0) is 14.8 Å². The zero-order chi connectivity index (χ0) is 20.4. The van der Waals surface area contributed by atoms with Crippen molar-refractivity contribution in [1.82, 2.24) is 9.71 Å². The van der Waals surface area contributed by atoms with Gasteiger partial charge < -0.3 is 10.5 Å². The molecule has 0 bridgehead atoms. The van der Waals surface area contributed by atoms with Crippen molar-refractivity contribution in [2.24, 2.45) is 0 Å². The van der Waals surface area contributed by atoms with Crippen LogP contribution in [0.4, 0.5) is 15.6 Å². The lowest BCUT2D eigenvalue weighted by atomic mass is 10.1. The van der Waals surface area contributed by atoms with E-state index in [0.29, 0.717) is 21.3 Å². The third-order valence-corrected chi connectivity index (χ3v) is 5.75. The normalized spacial score (nSPS) is 12.2. The van der Waals surface area contributed by atoms with E-state index in [-0.39, 0.29) is 11.0 Å². The second kappa shape index (κ2) is 7.83. The SMILES string of the molecule is CC(C)OC(=O)Nc1ccc(-c2cnc(N)s2)c(S(=O)(=O)NC(C)(C)C)c1. The zero-order valence-electron chi connectivity index (χ0n) is 15.9. The number of nitrogen functional groups attached to an aromatic ring is 1. The van der Waals surface area contributed by atoms with Gasteiger partial charge in [0.15, 0.2) is 5.13 Å². The first-order chi connectivity index (χ1) is 12.4. The maximum absolute atomic E-state index is 13.0. The molecule has 0 saturated carbocycles. The van der Waals surface area contributed by atoms with Crippen LogP contribution in [0, 0.1) is 0 Å². The third-order valence-electron chi connectivity index (χ3n) is 3.09. The van der Waals surface area contributed by atoms with Gasteiger partial charge in [-0.15, -0.1) is 0 Å². The molecular weight excluding hydrogens is 388 g/mol. The first-order valence-electron chi connectivity index (χ1n) is 8.25. The summed E-state index contributed by atoms with van der Waals surface area (Å²) in [5, 5.41) is 2.88. The van der Waals surface area contributed by atoms with Crippen LogP contribution < -0.4 is 15.8 Å². The Morgan fingerprint density at radius 1 is 1.30 bits per heavy atom. The molecule has 1 aromatic heterocycles. The van der Waals surface area contributed by atoms with Gasteiger partial charge in [0.2, 0.25) is 10.0 Å². The molecule has 0 fully saturated rings. The highest BCUT2D eigenvalue weighted by atomic mass is 32.2. The number of carbonyl (C=O) groups is 1. The van der Waals surface area contributed by atoms with Crippen molar-refractivity contribution in [1.29, 1.82) is 0 Å². The van der Waals surface area contributed by atoms with Crippen molar-refractivity contribution < 1.29 is 17.9 Å². The Labute approximate surface area is 163 Å². The fraction of sp³-hybridized carbons (Fsp3) is 0.412. The third kappa shape index (κ3) is 5.91. The number of amides is 1. The number of carbonyl (C=O) groups excluding carboxylic acids is 1. The van der Waals surface area contributed by atoms with Crippen molar-refractivity contribution in [2.75, 3.05) is 11.1 Å². The number of anilines is 2. The Morgan fingerprint density at radius 3 is 2.48 bits per heavy atom. The molecule has 1 heterocycles. The lowest BCUT2D eigenvalue weighted by molar-refractivity contribution is 0.130. The van der Waals surface area contributed by atoms with Gasteiger partial charge in [0.1, 0.15) is 0 Å². The van der Waals surface area contributed by atoms with Crippen molar-refractivity contribution in [2.45, 2.75) is 51.2 Å². The van der Waals surface area contributed by atoms with Crippen molar-refractivity contribution >= 4 is 38.3 Å². The predicted molar refractivity (Wildman–Crippen MR) is 107 cm³/mol. The molecule has 1 aromatic carbocycles. The van der Waals surface area contributed by atoms with E-state index in [1.807, 2.05) is 0 Å². The first-order valence-corrected chi connectivity index (χ1v) is 10.5. The van der Waals surface area contributed by atoms with Crippen LogP contribution >= 0.6 is 11.3 Å². The minimum atomic E-state index is -3.87. The Kier molecular flexibility index (Phi) is 6.13. The maximum Gasteiger partial charge on any atom is 0.411 e. The number of sulfonamides is 1. The Balaban J connectivity index is 2.51. The Morgan fingerprint density at radius 2 is 1.96 bits per heavy atom. The van der Waals surface area contributed by atoms with E-state index in [4.69, 9.17) is 10.5 Å². The summed E-state index contributed by atoms with van der Waals surface area (Å²) in [6.45, 7) is 8.69. The molecule has 148 valence electrons. The van der Waals surface area contributed by atoms with Crippen LogP contribution in [0.1, 0.15) is 34.6 Å². The van der Waals surface area contributed by atoms with E-state index in [2.05, 4.69) is 15.0 Å². The number of benzene rings is 1. The van der Waals surface area contributed by atoms with Crippen LogP contribution in [0.2, 0.25) is 0 Å². The molecule has 0 unspecified atom stereocenters. The molecule has 0 radical (unpaired) electrons. The van der Waals surface area contributed by atoms with Crippen molar-refractivity contribution in [3.63, 3.8) is 0 Å². The number of aromatic nitrogens is 1. The van der Waals surface area contributed by atoms with Gasteiger partial charge in [-0.25, -0.2) is 22.9 Å². The fourth-order valence-corrected chi connectivity index (χ4v) is 4.71. The van der Waals surface area contributed by atoms with Crippen LogP contribution in [-0.4, -0.2) is 31.1 Å². The van der Waals surface area contributed by atoms with Crippen molar-refractivity contribution in [3.8, 4) is 10.4 Å². The van der Waals surface area contributed by atoms with E-state index in [1.165, 1.54) is 23.6 Å². The van der Waals surface area contributed by atoms with Gasteiger partial charge in [-0.1, -0.05) is 17.4 Å². The van der Waals surface area contributed by atoms with E-state index in [1.54, 1.807) is 46.8 Å². The molecule has 10 heteroatoms. The van der Waals surface area contributed by atoms with Gasteiger partial charge in [0.05, 0.1) is 15.9 Å². The van der Waals surface area contributed by atoms with E-state index in [9.17, 15) is 13.2 Å². The standard InChI is InChI=1S/C17H24N4O4S2/c1-10(2)25-16(22)20-11-6-7-12(13-9-19-15(18)26-13)14(8-11)27(23,24)21-17(3,4)5/h6-10,21H,1-5H3,(H2,18,19)(H,20,22). The largest absolute Gasteiger partial charge is 0.447 e. The van der Waals surface area contributed by atoms with E-state index < -0.39 is 21.7 Å². The molecule has 0 aliphatic carbocycles. The minimum Gasteiger partial charge on any atom is -0.447 e. The molecule has 1 amide bonds. The number of nitrogens with one attached hydrogen (secondary N) is 2. The average molecular weight is 413 g/mol. The molecule has 0 saturated heterocycles. The summed E-state index contributed by atoms with van der Waals surface area (Å²) >= 11 is 1.18. The van der Waals surface area contributed by atoms with E-state index >= 15 is 0 Å². The number of rotatable bonds is 5. The smallest absolute Gasteiger partial charge is 0.411 e. The van der Waals surface area contributed by atoms with Crippen LogP contribution in [0.3, 0.4) is 0 Å². The molecular formula is C17H24N4O4S2. The molecule has 27 heavy (non-hydrogen) atoms. The van der Waals surface area contributed by atoms with Gasteiger partial charge in [-0.2, -0.15) is 0 Å². The molecule has 2 aromatic rings. The number of nitrogens with two attached hydrogens (primary N) is 1. The Hall–Kier alpha value is -2.17. The molecule has 0 aliphatic heterocycles. The summed E-state index contributed by atoms with van der Waals surface area (Å²) in [6, 6.07) is 4.60. The topological polar surface area (TPSA) is 123 Å². The van der Waals surface area contributed by atoms with Crippen molar-refractivity contribution in [3.05, 3.63) is 24.4 Å². The van der Waals surface area contributed by atoms with Gasteiger partial charge in [-0.05, 0) is 46.8 Å². The minimum absolute atomic E-state index is 0.0171. The highest BCUT2D eigenvalue weighted by Crippen LogP contribution is 2.34. The molecule has 4 N–H and O–H groups in total. The van der Waals surface area contributed by atoms with Gasteiger partial charge in [-0.3, -0.25) is 5.32 Å². The second-order valence-corrected chi connectivity index (χ2v) is 9.92. The van der Waals surface area contributed by atoms with Crippen LogP contribution in [0.25, 0.3) is 10.4 Å². The summed E-state index contributed by atoms with van der Waals surface area (Å²) < 4.78 is 33.6. The lowest BCUT2D eigenvalue weighted by Crippen LogP contribution is -2.40. The quantitative estimate of drug-likeness (QED) is 0.691.